The molecule has 0 saturated carbocycles. The third-order valence-corrected chi connectivity index (χ3v) is 4.29. The molecule has 6 nitrogen and oxygen atoms in total. The molecule has 1 saturated heterocycles. The number of carbonyl (C=O) groups is 1. The number of hydrogen-bond acceptors (Lipinski definition) is 5. The molecule has 1 N–H and O–H groups in total. The first-order valence-electron chi connectivity index (χ1n) is 6.23. The van der Waals surface area contributed by atoms with Gasteiger partial charge in [-0.15, -0.1) is 0 Å². The fourth-order valence-corrected chi connectivity index (χ4v) is 2.67. The molecule has 1 aliphatic heterocycles. The van der Waals surface area contributed by atoms with E-state index >= 15 is 0 Å². The van der Waals surface area contributed by atoms with Gasteiger partial charge in [-0.2, -0.15) is 0 Å². The molecule has 110 valence electrons. The molecule has 0 aliphatic carbocycles. The maximum Gasteiger partial charge on any atom is 0.254 e. The summed E-state index contributed by atoms with van der Waals surface area (Å²) in [4.78, 5) is 14.0. The van der Waals surface area contributed by atoms with Crippen molar-refractivity contribution in [2.24, 2.45) is 0 Å². The third kappa shape index (κ3) is 3.36. The van der Waals surface area contributed by atoms with Gasteiger partial charge in [-0.05, 0) is 24.3 Å². The van der Waals surface area contributed by atoms with Crippen LogP contribution < -0.4 is 0 Å². The zero-order valence-corrected chi connectivity index (χ0v) is 12.0. The van der Waals surface area contributed by atoms with E-state index in [2.05, 4.69) is 0 Å². The largest absolute Gasteiger partial charge is 0.394 e. The molecule has 20 heavy (non-hydrogen) atoms. The van der Waals surface area contributed by atoms with Gasteiger partial charge in [0.25, 0.3) is 5.91 Å². The smallest absolute Gasteiger partial charge is 0.254 e. The molecule has 1 heterocycles. The first-order valence-corrected chi connectivity index (χ1v) is 8.13. The van der Waals surface area contributed by atoms with E-state index in [1.54, 1.807) is 4.90 Å². The molecule has 1 atom stereocenters. The van der Waals surface area contributed by atoms with Crippen molar-refractivity contribution in [1.29, 1.82) is 0 Å². The zero-order chi connectivity index (χ0) is 14.8. The number of carbonyl (C=O) groups excluding carboxylic acids is 1. The van der Waals surface area contributed by atoms with Gasteiger partial charge in [0, 0.05) is 24.9 Å². The van der Waals surface area contributed by atoms with Crippen molar-refractivity contribution in [2.75, 3.05) is 32.6 Å². The number of morpholine rings is 1. The molecule has 2 rings (SSSR count). The first-order chi connectivity index (χ1) is 9.41. The van der Waals surface area contributed by atoms with E-state index in [4.69, 9.17) is 9.84 Å². The standard InChI is InChI=1S/C13H17NO5S/c1-20(17,18)12-4-2-10(3-5-12)13(16)14-6-7-19-11(8-14)9-15/h2-5,11,15H,6-9H2,1H3. The number of amides is 1. The van der Waals surface area contributed by atoms with Gasteiger partial charge in [0.1, 0.15) is 0 Å². The van der Waals surface area contributed by atoms with Crippen LogP contribution in [0.4, 0.5) is 0 Å². The van der Waals surface area contributed by atoms with Crippen molar-refractivity contribution >= 4 is 15.7 Å². The van der Waals surface area contributed by atoms with Gasteiger partial charge >= 0.3 is 0 Å². The number of nitrogens with zero attached hydrogens (tertiary/aromatic N) is 1. The molecule has 1 unspecified atom stereocenters. The van der Waals surface area contributed by atoms with Crippen molar-refractivity contribution in [2.45, 2.75) is 11.0 Å². The monoisotopic (exact) mass is 299 g/mol. The summed E-state index contributed by atoms with van der Waals surface area (Å²) in [5.41, 5.74) is 0.427. The van der Waals surface area contributed by atoms with Crippen molar-refractivity contribution in [3.8, 4) is 0 Å². The highest BCUT2D eigenvalue weighted by atomic mass is 32.2. The summed E-state index contributed by atoms with van der Waals surface area (Å²) in [7, 11) is -3.26. The number of hydrogen-bond donors (Lipinski definition) is 1. The molecule has 0 radical (unpaired) electrons. The second-order valence-corrected chi connectivity index (χ2v) is 6.74. The fourth-order valence-electron chi connectivity index (χ4n) is 2.04. The summed E-state index contributed by atoms with van der Waals surface area (Å²) in [6.07, 6.45) is 0.764. The van der Waals surface area contributed by atoms with Crippen LogP contribution in [0.15, 0.2) is 29.2 Å². The maximum atomic E-state index is 12.3. The Morgan fingerprint density at radius 3 is 2.60 bits per heavy atom. The third-order valence-electron chi connectivity index (χ3n) is 3.16. The number of aliphatic hydroxyl groups excluding tert-OH is 1. The van der Waals surface area contributed by atoms with Gasteiger partial charge in [0.15, 0.2) is 9.84 Å². The van der Waals surface area contributed by atoms with Gasteiger partial charge < -0.3 is 14.7 Å². The molecule has 1 aromatic rings. The quantitative estimate of drug-likeness (QED) is 0.844. The number of ether oxygens (including phenoxy) is 1. The normalized spacial score (nSPS) is 19.9. The summed E-state index contributed by atoms with van der Waals surface area (Å²) in [6, 6.07) is 5.85. The summed E-state index contributed by atoms with van der Waals surface area (Å²) in [6.45, 7) is 1.06. The van der Waals surface area contributed by atoms with Crippen LogP contribution in [0.1, 0.15) is 10.4 Å². The Morgan fingerprint density at radius 1 is 1.40 bits per heavy atom. The highest BCUT2D eigenvalue weighted by Gasteiger charge is 2.24. The average molecular weight is 299 g/mol. The van der Waals surface area contributed by atoms with Crippen LogP contribution in [-0.4, -0.2) is 63.0 Å². The fraction of sp³-hybridized carbons (Fsp3) is 0.462. The van der Waals surface area contributed by atoms with Crippen LogP contribution in [0.5, 0.6) is 0 Å². The molecule has 7 heteroatoms. The van der Waals surface area contributed by atoms with E-state index in [9.17, 15) is 13.2 Å². The van der Waals surface area contributed by atoms with E-state index < -0.39 is 9.84 Å². The number of sulfone groups is 1. The molecule has 1 aromatic carbocycles. The van der Waals surface area contributed by atoms with Gasteiger partial charge in [-0.3, -0.25) is 4.79 Å². The van der Waals surface area contributed by atoms with E-state index in [1.807, 2.05) is 0 Å². The second kappa shape index (κ2) is 5.90. The second-order valence-electron chi connectivity index (χ2n) is 4.72. The molecule has 1 amide bonds. The molecule has 1 aliphatic rings. The summed E-state index contributed by atoms with van der Waals surface area (Å²) in [5, 5.41) is 9.06. The molecule has 0 spiro atoms. The number of aliphatic hydroxyl groups is 1. The van der Waals surface area contributed by atoms with E-state index in [0.29, 0.717) is 25.3 Å². The average Bonchev–Trinajstić information content (AvgIpc) is 2.46. The van der Waals surface area contributed by atoms with Gasteiger partial charge in [0.05, 0.1) is 24.2 Å². The number of benzene rings is 1. The molecule has 0 aromatic heterocycles. The van der Waals surface area contributed by atoms with Crippen LogP contribution >= 0.6 is 0 Å². The lowest BCUT2D eigenvalue weighted by molar-refractivity contribution is -0.0447. The molecular weight excluding hydrogens is 282 g/mol. The van der Waals surface area contributed by atoms with Gasteiger partial charge in [0.2, 0.25) is 0 Å². The first kappa shape index (κ1) is 15.0. The summed E-state index contributed by atoms with van der Waals surface area (Å²) < 4.78 is 28.0. The minimum absolute atomic E-state index is 0.128. The van der Waals surface area contributed by atoms with E-state index in [1.165, 1.54) is 24.3 Å². The van der Waals surface area contributed by atoms with Crippen molar-refractivity contribution < 1.29 is 23.1 Å². The molecule has 1 fully saturated rings. The van der Waals surface area contributed by atoms with E-state index in [0.717, 1.165) is 6.26 Å². The lowest BCUT2D eigenvalue weighted by Gasteiger charge is -2.32. The van der Waals surface area contributed by atoms with Crippen LogP contribution in [0.2, 0.25) is 0 Å². The Bertz CT molecular complexity index is 581. The minimum Gasteiger partial charge on any atom is -0.394 e. The molecular formula is C13H17NO5S. The maximum absolute atomic E-state index is 12.3. The minimum atomic E-state index is -3.26. The van der Waals surface area contributed by atoms with Crippen LogP contribution in [0.25, 0.3) is 0 Å². The Labute approximate surface area is 117 Å². The van der Waals surface area contributed by atoms with Crippen LogP contribution in [0.3, 0.4) is 0 Å². The highest BCUT2D eigenvalue weighted by molar-refractivity contribution is 7.90. The Balaban J connectivity index is 2.13. The van der Waals surface area contributed by atoms with Crippen molar-refractivity contribution in [3.63, 3.8) is 0 Å². The lowest BCUT2D eigenvalue weighted by atomic mass is 10.2. The zero-order valence-electron chi connectivity index (χ0n) is 11.2. The Hall–Kier alpha value is -1.44. The van der Waals surface area contributed by atoms with E-state index in [-0.39, 0.29) is 23.5 Å². The SMILES string of the molecule is CS(=O)(=O)c1ccc(C(=O)N2CCOC(CO)C2)cc1. The topological polar surface area (TPSA) is 83.9 Å². The van der Waals surface area contributed by atoms with Crippen LogP contribution in [0, 0.1) is 0 Å². The highest BCUT2D eigenvalue weighted by Crippen LogP contribution is 2.14. The number of rotatable bonds is 3. The molecule has 0 bridgehead atoms. The predicted octanol–water partition coefficient (Wildman–Crippen LogP) is -0.0766. The van der Waals surface area contributed by atoms with Gasteiger partial charge in [-0.25, -0.2) is 8.42 Å². The lowest BCUT2D eigenvalue weighted by Crippen LogP contribution is -2.46. The Kier molecular flexibility index (Phi) is 4.42. The summed E-state index contributed by atoms with van der Waals surface area (Å²) in [5.74, 6) is -0.188. The van der Waals surface area contributed by atoms with Crippen molar-refractivity contribution in [3.05, 3.63) is 29.8 Å². The summed E-state index contributed by atoms with van der Waals surface area (Å²) >= 11 is 0. The predicted molar refractivity (Wildman–Crippen MR) is 72.3 cm³/mol. The van der Waals surface area contributed by atoms with Gasteiger partial charge in [-0.1, -0.05) is 0 Å². The Morgan fingerprint density at radius 2 is 2.05 bits per heavy atom. The van der Waals surface area contributed by atoms with Crippen LogP contribution in [-0.2, 0) is 14.6 Å². The van der Waals surface area contributed by atoms with Crippen molar-refractivity contribution in [1.82, 2.24) is 4.90 Å².